The second kappa shape index (κ2) is 2.02. The number of allylic oxidation sites excluding steroid dienone is 4. The average molecular weight is 120 g/mol. The number of hydrogen-bond acceptors (Lipinski definition) is 1. The Bertz CT molecular complexity index is 209. The van der Waals surface area contributed by atoms with Crippen LogP contribution in [0.4, 0.5) is 0 Å². The maximum atomic E-state index is 10.6. The first kappa shape index (κ1) is 6.02. The minimum Gasteiger partial charge on any atom is -0.294 e. The summed E-state index contributed by atoms with van der Waals surface area (Å²) in [5.74, 6) is 0.134. The van der Waals surface area contributed by atoms with Crippen LogP contribution in [0.25, 0.3) is 0 Å². The van der Waals surface area contributed by atoms with Crippen molar-refractivity contribution in [2.75, 3.05) is 0 Å². The largest absolute Gasteiger partial charge is 0.294 e. The van der Waals surface area contributed by atoms with Crippen LogP contribution in [-0.4, -0.2) is 5.78 Å². The van der Waals surface area contributed by atoms with Crippen molar-refractivity contribution in [2.45, 2.75) is 6.42 Å². The van der Waals surface area contributed by atoms with E-state index >= 15 is 0 Å². The molecule has 0 bridgehead atoms. The van der Waals surface area contributed by atoms with Gasteiger partial charge in [-0.25, -0.2) is 0 Å². The second-order valence-electron chi connectivity index (χ2n) is 2.05. The third kappa shape index (κ3) is 0.992. The van der Waals surface area contributed by atoms with Crippen molar-refractivity contribution >= 4 is 5.78 Å². The van der Waals surface area contributed by atoms with Gasteiger partial charge in [-0.1, -0.05) is 19.2 Å². The molecule has 46 valence electrons. The molecule has 1 heteroatoms. The molecule has 0 amide bonds. The Hall–Kier alpha value is -1.11. The Morgan fingerprint density at radius 2 is 2.33 bits per heavy atom. The number of carbonyl (C=O) groups is 1. The van der Waals surface area contributed by atoms with E-state index in [1.54, 1.807) is 12.2 Å². The van der Waals surface area contributed by atoms with Gasteiger partial charge < -0.3 is 0 Å². The monoisotopic (exact) mass is 120 g/mol. The Morgan fingerprint density at radius 1 is 1.67 bits per heavy atom. The molecular formula is C8H8O. The highest BCUT2D eigenvalue weighted by atomic mass is 16.1. The zero-order valence-corrected chi connectivity index (χ0v) is 5.18. The highest BCUT2D eigenvalue weighted by Crippen LogP contribution is 2.20. The molecule has 0 aromatic carbocycles. The van der Waals surface area contributed by atoms with Crippen molar-refractivity contribution in [1.29, 1.82) is 0 Å². The van der Waals surface area contributed by atoms with Crippen LogP contribution >= 0.6 is 0 Å². The first-order chi connectivity index (χ1) is 4.24. The predicted molar refractivity (Wildman–Crippen MR) is 37.0 cm³/mol. The van der Waals surface area contributed by atoms with Gasteiger partial charge in [-0.2, -0.15) is 0 Å². The van der Waals surface area contributed by atoms with Crippen LogP contribution in [0.3, 0.4) is 0 Å². The minimum atomic E-state index is 0.134. The Balaban J connectivity index is 2.93. The highest BCUT2D eigenvalue weighted by molar-refractivity contribution is 5.97. The molecule has 0 atom stereocenters. The molecule has 0 aromatic heterocycles. The van der Waals surface area contributed by atoms with E-state index in [2.05, 4.69) is 13.2 Å². The van der Waals surface area contributed by atoms with E-state index < -0.39 is 0 Å². The van der Waals surface area contributed by atoms with Crippen molar-refractivity contribution in [1.82, 2.24) is 0 Å². The predicted octanol–water partition coefficient (Wildman–Crippen LogP) is 1.63. The van der Waals surface area contributed by atoms with Crippen molar-refractivity contribution in [3.8, 4) is 0 Å². The number of hydrogen-bond donors (Lipinski definition) is 0. The van der Waals surface area contributed by atoms with Crippen LogP contribution in [0.2, 0.25) is 0 Å². The molecule has 0 radical (unpaired) electrons. The van der Waals surface area contributed by atoms with Crippen molar-refractivity contribution in [2.24, 2.45) is 0 Å². The number of rotatable bonds is 1. The van der Waals surface area contributed by atoms with Gasteiger partial charge in [-0.3, -0.25) is 4.79 Å². The first-order valence-corrected chi connectivity index (χ1v) is 2.79. The van der Waals surface area contributed by atoms with Gasteiger partial charge in [0, 0.05) is 6.42 Å². The summed E-state index contributed by atoms with van der Waals surface area (Å²) in [5, 5.41) is 0. The molecular weight excluding hydrogens is 112 g/mol. The summed E-state index contributed by atoms with van der Waals surface area (Å²) in [6.45, 7) is 7.24. The van der Waals surface area contributed by atoms with Gasteiger partial charge in [0.2, 0.25) is 0 Å². The fourth-order valence-corrected chi connectivity index (χ4v) is 0.842. The van der Waals surface area contributed by atoms with E-state index in [1.807, 2.05) is 0 Å². The number of carbonyl (C=O) groups excluding carboxylic acids is 1. The molecule has 0 N–H and O–H groups in total. The summed E-state index contributed by atoms with van der Waals surface area (Å²) in [6.07, 6.45) is 3.71. The van der Waals surface area contributed by atoms with Crippen LogP contribution in [-0.2, 0) is 4.79 Å². The van der Waals surface area contributed by atoms with E-state index in [9.17, 15) is 4.79 Å². The van der Waals surface area contributed by atoms with Crippen molar-refractivity contribution in [3.05, 3.63) is 36.5 Å². The molecule has 0 aliphatic heterocycles. The van der Waals surface area contributed by atoms with Gasteiger partial charge in [-0.05, 0) is 17.2 Å². The average Bonchev–Trinajstić information content (AvgIpc) is 2.10. The van der Waals surface area contributed by atoms with E-state index in [4.69, 9.17) is 0 Å². The SMILES string of the molecule is C=CC1=CC(=O)CC1=C. The first-order valence-electron chi connectivity index (χ1n) is 2.79. The Labute approximate surface area is 54.4 Å². The van der Waals surface area contributed by atoms with Gasteiger partial charge >= 0.3 is 0 Å². The molecule has 0 spiro atoms. The van der Waals surface area contributed by atoms with Gasteiger partial charge in [0.25, 0.3) is 0 Å². The summed E-state index contributed by atoms with van der Waals surface area (Å²) in [5.41, 5.74) is 1.77. The smallest absolute Gasteiger partial charge is 0.160 e. The second-order valence-corrected chi connectivity index (χ2v) is 2.05. The van der Waals surface area contributed by atoms with Gasteiger partial charge in [0.05, 0.1) is 0 Å². The zero-order chi connectivity index (χ0) is 6.85. The van der Waals surface area contributed by atoms with Crippen molar-refractivity contribution < 1.29 is 4.79 Å². The summed E-state index contributed by atoms with van der Waals surface area (Å²) in [4.78, 5) is 10.6. The maximum absolute atomic E-state index is 10.6. The lowest BCUT2D eigenvalue weighted by atomic mass is 10.1. The summed E-state index contributed by atoms with van der Waals surface area (Å²) in [7, 11) is 0. The Kier molecular flexibility index (Phi) is 1.35. The number of ketones is 1. The summed E-state index contributed by atoms with van der Waals surface area (Å²) in [6, 6.07) is 0. The zero-order valence-electron chi connectivity index (χ0n) is 5.18. The van der Waals surface area contributed by atoms with Crippen LogP contribution in [0.1, 0.15) is 6.42 Å². The maximum Gasteiger partial charge on any atom is 0.160 e. The molecule has 1 aliphatic carbocycles. The molecule has 0 saturated carbocycles. The van der Waals surface area contributed by atoms with Crippen LogP contribution in [0.15, 0.2) is 36.5 Å². The minimum absolute atomic E-state index is 0.134. The molecule has 0 aromatic rings. The molecule has 0 fully saturated rings. The van der Waals surface area contributed by atoms with Crippen LogP contribution in [0, 0.1) is 0 Å². The molecule has 1 aliphatic rings. The normalized spacial score (nSPS) is 18.0. The summed E-state index contributed by atoms with van der Waals surface area (Å²) < 4.78 is 0. The lowest BCUT2D eigenvalue weighted by Crippen LogP contribution is -1.82. The standard InChI is InChI=1S/C8H8O/c1-3-7-5-8(9)4-6(7)2/h3,5H,1-2,4H2. The lowest BCUT2D eigenvalue weighted by molar-refractivity contribution is -0.113. The molecule has 0 saturated heterocycles. The van der Waals surface area contributed by atoms with Gasteiger partial charge in [-0.15, -0.1) is 0 Å². The van der Waals surface area contributed by atoms with Crippen molar-refractivity contribution in [3.63, 3.8) is 0 Å². The third-order valence-electron chi connectivity index (χ3n) is 1.33. The quantitative estimate of drug-likeness (QED) is 0.514. The van der Waals surface area contributed by atoms with E-state index in [0.29, 0.717) is 6.42 Å². The van der Waals surface area contributed by atoms with E-state index in [0.717, 1.165) is 11.1 Å². The fraction of sp³-hybridized carbons (Fsp3) is 0.125. The fourth-order valence-electron chi connectivity index (χ4n) is 0.842. The molecule has 1 rings (SSSR count). The Morgan fingerprint density at radius 3 is 2.56 bits per heavy atom. The van der Waals surface area contributed by atoms with E-state index in [-0.39, 0.29) is 5.78 Å². The molecule has 9 heavy (non-hydrogen) atoms. The van der Waals surface area contributed by atoms with Crippen LogP contribution < -0.4 is 0 Å². The van der Waals surface area contributed by atoms with E-state index in [1.165, 1.54) is 0 Å². The third-order valence-corrected chi connectivity index (χ3v) is 1.33. The van der Waals surface area contributed by atoms with Crippen LogP contribution in [0.5, 0.6) is 0 Å². The molecule has 1 nitrogen and oxygen atoms in total. The summed E-state index contributed by atoms with van der Waals surface area (Å²) >= 11 is 0. The van der Waals surface area contributed by atoms with Gasteiger partial charge in [0.1, 0.15) is 0 Å². The molecule has 0 unspecified atom stereocenters. The topological polar surface area (TPSA) is 17.1 Å². The lowest BCUT2D eigenvalue weighted by Gasteiger charge is -1.90. The van der Waals surface area contributed by atoms with Gasteiger partial charge in [0.15, 0.2) is 5.78 Å². The molecule has 0 heterocycles. The highest BCUT2D eigenvalue weighted by Gasteiger charge is 2.12.